The molecule has 3 rings (SSSR count). The molecular formula is C21H22ClF3N2OS. The van der Waals surface area contributed by atoms with Crippen molar-refractivity contribution >= 4 is 34.3 Å². The number of benzene rings is 2. The first kappa shape index (κ1) is 21.9. The topological polar surface area (TPSA) is 51.0 Å². The van der Waals surface area contributed by atoms with E-state index in [1.807, 2.05) is 24.5 Å². The molecule has 0 atom stereocenters. The number of halogens is 4. The fourth-order valence-corrected chi connectivity index (χ4v) is 4.14. The maximum Gasteiger partial charge on any atom is 0.418 e. The summed E-state index contributed by atoms with van der Waals surface area (Å²) in [7, 11) is 1.55. The molecule has 3 aromatic rings. The molecule has 0 radical (unpaired) electrons. The average molecular weight is 443 g/mol. The van der Waals surface area contributed by atoms with Crippen LogP contribution in [0.5, 0.6) is 5.75 Å². The quantitative estimate of drug-likeness (QED) is 0.323. The fourth-order valence-electron chi connectivity index (χ4n) is 3.48. The van der Waals surface area contributed by atoms with Crippen molar-refractivity contribution in [3.8, 4) is 17.0 Å². The molecule has 3 N–H and O–H groups in total. The highest BCUT2D eigenvalue weighted by molar-refractivity contribution is 7.98. The van der Waals surface area contributed by atoms with E-state index in [2.05, 4.69) is 4.98 Å². The summed E-state index contributed by atoms with van der Waals surface area (Å²) in [5.41, 5.74) is 7.02. The highest BCUT2D eigenvalue weighted by atomic mass is 35.5. The lowest BCUT2D eigenvalue weighted by Gasteiger charge is -2.11. The number of hydrogen-bond acceptors (Lipinski definition) is 3. The van der Waals surface area contributed by atoms with Crippen molar-refractivity contribution in [2.75, 3.05) is 19.9 Å². The van der Waals surface area contributed by atoms with Crippen LogP contribution in [0.3, 0.4) is 0 Å². The molecule has 0 bridgehead atoms. The summed E-state index contributed by atoms with van der Waals surface area (Å²) in [6, 6.07) is 8.23. The molecule has 3 nitrogen and oxygen atoms in total. The largest absolute Gasteiger partial charge is 0.496 e. The number of methoxy groups -OCH3 is 1. The van der Waals surface area contributed by atoms with E-state index in [9.17, 15) is 13.2 Å². The molecule has 156 valence electrons. The molecule has 0 fully saturated rings. The van der Waals surface area contributed by atoms with E-state index in [0.717, 1.165) is 34.9 Å². The molecule has 1 aromatic heterocycles. The predicted octanol–water partition coefficient (Wildman–Crippen LogP) is 6.52. The third-order valence-electron chi connectivity index (χ3n) is 4.84. The number of ether oxygens (including phenoxy) is 1. The number of nitrogens with two attached hydrogens (primary N) is 1. The number of aromatic amines is 1. The van der Waals surface area contributed by atoms with Gasteiger partial charge in [-0.3, -0.25) is 0 Å². The number of rotatable bonds is 7. The Morgan fingerprint density at radius 1 is 1.17 bits per heavy atom. The van der Waals surface area contributed by atoms with Crippen LogP contribution >= 0.6 is 23.4 Å². The smallest absolute Gasteiger partial charge is 0.418 e. The first-order valence-corrected chi connectivity index (χ1v) is 10.7. The molecular weight excluding hydrogens is 421 g/mol. The standard InChI is InChI=1S/C21H22ClF3N2OS/c1-28-18-7-6-13(29-2)11-16(18)19-14(5-3-4-8-26)15-9-12(22)10-17(20(15)27-19)21(23,24)25/h6-7,9-11,27H,3-5,8,26H2,1-2H3. The Bertz CT molecular complexity index is 1020. The van der Waals surface area contributed by atoms with Crippen LogP contribution in [0.15, 0.2) is 35.2 Å². The number of alkyl halides is 3. The summed E-state index contributed by atoms with van der Waals surface area (Å²) in [6.45, 7) is 0.525. The Kier molecular flexibility index (Phi) is 6.71. The lowest BCUT2D eigenvalue weighted by molar-refractivity contribution is -0.136. The molecule has 0 spiro atoms. The molecule has 0 aliphatic carbocycles. The summed E-state index contributed by atoms with van der Waals surface area (Å²) >= 11 is 7.62. The van der Waals surface area contributed by atoms with Gasteiger partial charge in [0.1, 0.15) is 5.75 Å². The van der Waals surface area contributed by atoms with Gasteiger partial charge in [0.05, 0.1) is 23.9 Å². The van der Waals surface area contributed by atoms with E-state index in [1.54, 1.807) is 24.9 Å². The summed E-state index contributed by atoms with van der Waals surface area (Å²) in [5.74, 6) is 0.592. The first-order valence-electron chi connectivity index (χ1n) is 9.14. The first-order chi connectivity index (χ1) is 13.8. The van der Waals surface area contributed by atoms with E-state index in [4.69, 9.17) is 22.1 Å². The van der Waals surface area contributed by atoms with Gasteiger partial charge in [-0.25, -0.2) is 0 Å². The van der Waals surface area contributed by atoms with Gasteiger partial charge in [-0.1, -0.05) is 11.6 Å². The molecule has 29 heavy (non-hydrogen) atoms. The third-order valence-corrected chi connectivity index (χ3v) is 5.79. The minimum absolute atomic E-state index is 0.0382. The number of nitrogens with one attached hydrogen (secondary N) is 1. The van der Waals surface area contributed by atoms with Gasteiger partial charge < -0.3 is 15.5 Å². The minimum atomic E-state index is -4.52. The number of fused-ring (bicyclic) bond motifs is 1. The zero-order chi connectivity index (χ0) is 21.2. The minimum Gasteiger partial charge on any atom is -0.496 e. The number of unbranched alkanes of at least 4 members (excludes halogenated alkanes) is 1. The number of aromatic nitrogens is 1. The van der Waals surface area contributed by atoms with Crippen LogP contribution in [0.1, 0.15) is 24.0 Å². The van der Waals surface area contributed by atoms with Crippen LogP contribution in [0, 0.1) is 0 Å². The highest BCUT2D eigenvalue weighted by Crippen LogP contribution is 2.43. The van der Waals surface area contributed by atoms with Gasteiger partial charge in [-0.2, -0.15) is 13.2 Å². The molecule has 0 aliphatic heterocycles. The Labute approximate surface area is 176 Å². The van der Waals surface area contributed by atoms with Crippen LogP contribution in [-0.2, 0) is 12.6 Å². The summed E-state index contributed by atoms with van der Waals surface area (Å²) in [5, 5.41) is 0.536. The number of H-pyrrole nitrogens is 1. The lowest BCUT2D eigenvalue weighted by atomic mass is 9.99. The second-order valence-corrected chi connectivity index (χ2v) is 7.98. The van der Waals surface area contributed by atoms with Gasteiger partial charge in [0, 0.05) is 20.9 Å². The summed E-state index contributed by atoms with van der Waals surface area (Å²) in [4.78, 5) is 4.02. The van der Waals surface area contributed by atoms with Gasteiger partial charge >= 0.3 is 6.18 Å². The molecule has 0 aliphatic rings. The van der Waals surface area contributed by atoms with Crippen molar-refractivity contribution in [2.45, 2.75) is 30.3 Å². The van der Waals surface area contributed by atoms with Gasteiger partial charge in [0.25, 0.3) is 0 Å². The van der Waals surface area contributed by atoms with Crippen LogP contribution < -0.4 is 10.5 Å². The molecule has 8 heteroatoms. The van der Waals surface area contributed by atoms with Gasteiger partial charge in [0.15, 0.2) is 0 Å². The zero-order valence-electron chi connectivity index (χ0n) is 16.1. The third kappa shape index (κ3) is 4.52. The predicted molar refractivity (Wildman–Crippen MR) is 114 cm³/mol. The van der Waals surface area contributed by atoms with Gasteiger partial charge in [0.2, 0.25) is 0 Å². The van der Waals surface area contributed by atoms with Gasteiger partial charge in [-0.15, -0.1) is 11.8 Å². The highest BCUT2D eigenvalue weighted by Gasteiger charge is 2.35. The monoisotopic (exact) mass is 442 g/mol. The van der Waals surface area contributed by atoms with Crippen molar-refractivity contribution in [3.05, 3.63) is 46.5 Å². The maximum atomic E-state index is 13.7. The van der Waals surface area contributed by atoms with Crippen LogP contribution in [0.25, 0.3) is 22.2 Å². The maximum absolute atomic E-state index is 13.7. The number of aryl methyl sites for hydroxylation is 1. The normalized spacial score (nSPS) is 12.0. The molecule has 0 amide bonds. The molecule has 1 heterocycles. The average Bonchev–Trinajstić information content (AvgIpc) is 3.04. The Morgan fingerprint density at radius 2 is 1.93 bits per heavy atom. The van der Waals surface area contributed by atoms with Crippen LogP contribution in [0.2, 0.25) is 5.02 Å². The SMILES string of the molecule is COc1ccc(SC)cc1-c1[nH]c2c(C(F)(F)F)cc(Cl)cc2c1CCCCN. The van der Waals surface area contributed by atoms with E-state index < -0.39 is 11.7 Å². The van der Waals surface area contributed by atoms with Crippen molar-refractivity contribution in [2.24, 2.45) is 5.73 Å². The van der Waals surface area contributed by atoms with E-state index in [1.165, 1.54) is 0 Å². The fraction of sp³-hybridized carbons (Fsp3) is 0.333. The van der Waals surface area contributed by atoms with Crippen molar-refractivity contribution < 1.29 is 17.9 Å². The second kappa shape index (κ2) is 8.90. The van der Waals surface area contributed by atoms with E-state index in [0.29, 0.717) is 29.8 Å². The van der Waals surface area contributed by atoms with Crippen molar-refractivity contribution in [1.82, 2.24) is 4.98 Å². The Balaban J connectivity index is 2.32. The molecule has 0 saturated carbocycles. The van der Waals surface area contributed by atoms with Crippen molar-refractivity contribution in [1.29, 1.82) is 0 Å². The van der Waals surface area contributed by atoms with Crippen molar-refractivity contribution in [3.63, 3.8) is 0 Å². The van der Waals surface area contributed by atoms with Crippen LogP contribution in [0.4, 0.5) is 13.2 Å². The number of hydrogen-bond donors (Lipinski definition) is 2. The lowest BCUT2D eigenvalue weighted by Crippen LogP contribution is -2.05. The summed E-state index contributed by atoms with van der Waals surface area (Å²) in [6.07, 6.45) is -0.460. The Hall–Kier alpha value is -1.83. The molecule has 0 saturated heterocycles. The van der Waals surface area contributed by atoms with E-state index >= 15 is 0 Å². The molecule has 2 aromatic carbocycles. The van der Waals surface area contributed by atoms with Gasteiger partial charge in [-0.05, 0) is 68.0 Å². The van der Waals surface area contributed by atoms with E-state index in [-0.39, 0.29) is 10.5 Å². The number of thioether (sulfide) groups is 1. The molecule has 0 unspecified atom stereocenters. The van der Waals surface area contributed by atoms with Crippen LogP contribution in [-0.4, -0.2) is 24.9 Å². The Morgan fingerprint density at radius 3 is 2.55 bits per heavy atom. The zero-order valence-corrected chi connectivity index (χ0v) is 17.7. The second-order valence-electron chi connectivity index (χ2n) is 6.66. The summed E-state index contributed by atoms with van der Waals surface area (Å²) < 4.78 is 46.6.